The molecule has 0 aliphatic heterocycles. The molecule has 1 unspecified atom stereocenters. The molecule has 0 spiro atoms. The van der Waals surface area contributed by atoms with E-state index in [0.29, 0.717) is 0 Å². The van der Waals surface area contributed by atoms with E-state index in [9.17, 15) is 0 Å². The molecule has 0 aliphatic carbocycles. The van der Waals surface area contributed by atoms with E-state index in [4.69, 9.17) is 10.9 Å². The fourth-order valence-electron chi connectivity index (χ4n) is 0.552. The Hall–Kier alpha value is -0.770. The van der Waals surface area contributed by atoms with Gasteiger partial charge in [-0.05, 0) is 19.9 Å². The SMILES string of the molecule is CCCNC(C)C(N)=NO. The van der Waals surface area contributed by atoms with E-state index < -0.39 is 0 Å². The Kier molecular flexibility index (Phi) is 4.66. The van der Waals surface area contributed by atoms with Gasteiger partial charge in [0.1, 0.15) is 0 Å². The fraction of sp³-hybridized carbons (Fsp3) is 0.833. The average Bonchev–Trinajstić information content (AvgIpc) is 1.98. The summed E-state index contributed by atoms with van der Waals surface area (Å²) in [6.45, 7) is 4.80. The van der Waals surface area contributed by atoms with Crippen molar-refractivity contribution in [3.05, 3.63) is 0 Å². The Balaban J connectivity index is 3.51. The average molecular weight is 145 g/mol. The van der Waals surface area contributed by atoms with Crippen molar-refractivity contribution in [3.63, 3.8) is 0 Å². The van der Waals surface area contributed by atoms with Crippen molar-refractivity contribution in [2.75, 3.05) is 6.54 Å². The lowest BCUT2D eigenvalue weighted by molar-refractivity contribution is 0.315. The van der Waals surface area contributed by atoms with Crippen molar-refractivity contribution in [1.29, 1.82) is 0 Å². The first-order valence-corrected chi connectivity index (χ1v) is 3.43. The van der Waals surface area contributed by atoms with Crippen LogP contribution in [-0.2, 0) is 0 Å². The molecule has 0 amide bonds. The number of hydrogen-bond acceptors (Lipinski definition) is 3. The summed E-state index contributed by atoms with van der Waals surface area (Å²) in [6, 6.07) is -0.0371. The lowest BCUT2D eigenvalue weighted by atomic mass is 10.3. The predicted octanol–water partition coefficient (Wildman–Crippen LogP) is 0.121. The van der Waals surface area contributed by atoms with Gasteiger partial charge < -0.3 is 16.3 Å². The zero-order chi connectivity index (χ0) is 7.98. The third-order valence-corrected chi connectivity index (χ3v) is 1.26. The number of rotatable bonds is 4. The summed E-state index contributed by atoms with van der Waals surface area (Å²) in [6.07, 6.45) is 1.04. The summed E-state index contributed by atoms with van der Waals surface area (Å²) in [4.78, 5) is 0. The summed E-state index contributed by atoms with van der Waals surface area (Å²) in [5, 5.41) is 14.2. The number of hydrogen-bond donors (Lipinski definition) is 3. The molecule has 0 saturated heterocycles. The second-order valence-corrected chi connectivity index (χ2v) is 2.20. The van der Waals surface area contributed by atoms with Crippen molar-refractivity contribution in [2.24, 2.45) is 10.9 Å². The molecule has 0 radical (unpaired) electrons. The van der Waals surface area contributed by atoms with Gasteiger partial charge in [0, 0.05) is 0 Å². The van der Waals surface area contributed by atoms with Crippen molar-refractivity contribution >= 4 is 5.84 Å². The van der Waals surface area contributed by atoms with Crippen LogP contribution in [0.3, 0.4) is 0 Å². The summed E-state index contributed by atoms with van der Waals surface area (Å²) < 4.78 is 0. The van der Waals surface area contributed by atoms with E-state index >= 15 is 0 Å². The highest BCUT2D eigenvalue weighted by Gasteiger charge is 2.03. The maximum absolute atomic E-state index is 8.23. The lowest BCUT2D eigenvalue weighted by Gasteiger charge is -2.09. The van der Waals surface area contributed by atoms with Gasteiger partial charge in [0.15, 0.2) is 5.84 Å². The molecule has 0 fully saturated rings. The molecule has 60 valence electrons. The Morgan fingerprint density at radius 1 is 1.80 bits per heavy atom. The molecule has 0 rings (SSSR count). The van der Waals surface area contributed by atoms with Crippen LogP contribution in [0.15, 0.2) is 5.16 Å². The monoisotopic (exact) mass is 145 g/mol. The van der Waals surface area contributed by atoms with Crippen molar-refractivity contribution in [3.8, 4) is 0 Å². The Morgan fingerprint density at radius 2 is 2.40 bits per heavy atom. The first-order chi connectivity index (χ1) is 4.72. The lowest BCUT2D eigenvalue weighted by Crippen LogP contribution is -2.39. The molecule has 0 aromatic rings. The van der Waals surface area contributed by atoms with Crippen LogP contribution in [0.4, 0.5) is 0 Å². The minimum Gasteiger partial charge on any atom is -0.409 e. The van der Waals surface area contributed by atoms with Gasteiger partial charge in [-0.25, -0.2) is 0 Å². The molecule has 0 aromatic carbocycles. The van der Waals surface area contributed by atoms with Gasteiger partial charge in [-0.1, -0.05) is 12.1 Å². The standard InChI is InChI=1S/C6H15N3O/c1-3-4-8-5(2)6(7)9-10/h5,8,10H,3-4H2,1-2H3,(H2,7,9). The molecular weight excluding hydrogens is 130 g/mol. The largest absolute Gasteiger partial charge is 0.409 e. The van der Waals surface area contributed by atoms with Crippen LogP contribution in [0.25, 0.3) is 0 Å². The van der Waals surface area contributed by atoms with E-state index in [1.54, 1.807) is 0 Å². The first-order valence-electron chi connectivity index (χ1n) is 3.43. The maximum Gasteiger partial charge on any atom is 0.156 e. The van der Waals surface area contributed by atoms with Gasteiger partial charge in [-0.2, -0.15) is 0 Å². The highest BCUT2D eigenvalue weighted by Crippen LogP contribution is 1.81. The molecule has 4 nitrogen and oxygen atoms in total. The zero-order valence-corrected chi connectivity index (χ0v) is 6.46. The van der Waals surface area contributed by atoms with Gasteiger partial charge >= 0.3 is 0 Å². The van der Waals surface area contributed by atoms with Crippen molar-refractivity contribution in [1.82, 2.24) is 5.32 Å². The molecule has 4 N–H and O–H groups in total. The normalized spacial score (nSPS) is 15.2. The van der Waals surface area contributed by atoms with E-state index in [1.165, 1.54) is 0 Å². The van der Waals surface area contributed by atoms with Crippen LogP contribution in [0.2, 0.25) is 0 Å². The zero-order valence-electron chi connectivity index (χ0n) is 6.46. The summed E-state index contributed by atoms with van der Waals surface area (Å²) in [7, 11) is 0. The smallest absolute Gasteiger partial charge is 0.156 e. The van der Waals surface area contributed by atoms with Crippen LogP contribution in [0, 0.1) is 0 Å². The molecule has 0 aliphatic rings. The minimum atomic E-state index is -0.0371. The van der Waals surface area contributed by atoms with Crippen molar-refractivity contribution < 1.29 is 5.21 Å². The van der Waals surface area contributed by atoms with Crippen LogP contribution in [0.5, 0.6) is 0 Å². The van der Waals surface area contributed by atoms with Crippen LogP contribution >= 0.6 is 0 Å². The van der Waals surface area contributed by atoms with Gasteiger partial charge in [-0.3, -0.25) is 0 Å². The Morgan fingerprint density at radius 3 is 2.80 bits per heavy atom. The second kappa shape index (κ2) is 5.05. The minimum absolute atomic E-state index is 0.0371. The molecule has 0 saturated carbocycles. The number of nitrogens with two attached hydrogens (primary N) is 1. The van der Waals surface area contributed by atoms with Gasteiger partial charge in [0.05, 0.1) is 6.04 Å². The van der Waals surface area contributed by atoms with Crippen LogP contribution in [0.1, 0.15) is 20.3 Å². The number of amidine groups is 1. The van der Waals surface area contributed by atoms with E-state index in [0.717, 1.165) is 13.0 Å². The van der Waals surface area contributed by atoms with Crippen molar-refractivity contribution in [2.45, 2.75) is 26.3 Å². The van der Waals surface area contributed by atoms with Crippen LogP contribution < -0.4 is 11.1 Å². The summed E-state index contributed by atoms with van der Waals surface area (Å²) in [5.41, 5.74) is 5.29. The highest BCUT2D eigenvalue weighted by molar-refractivity contribution is 5.84. The molecule has 10 heavy (non-hydrogen) atoms. The molecule has 4 heteroatoms. The van der Waals surface area contributed by atoms with Gasteiger partial charge in [0.2, 0.25) is 0 Å². The number of nitrogens with zero attached hydrogens (tertiary/aromatic N) is 1. The Bertz CT molecular complexity index is 114. The first kappa shape index (κ1) is 9.23. The quantitative estimate of drug-likeness (QED) is 0.228. The number of oxime groups is 1. The summed E-state index contributed by atoms with van der Waals surface area (Å²) in [5.74, 6) is 0.230. The second-order valence-electron chi connectivity index (χ2n) is 2.20. The van der Waals surface area contributed by atoms with Crippen LogP contribution in [-0.4, -0.2) is 23.6 Å². The van der Waals surface area contributed by atoms with E-state index in [2.05, 4.69) is 17.4 Å². The van der Waals surface area contributed by atoms with E-state index in [1.807, 2.05) is 6.92 Å². The highest BCUT2D eigenvalue weighted by atomic mass is 16.4. The fourth-order valence-corrected chi connectivity index (χ4v) is 0.552. The third kappa shape index (κ3) is 3.29. The molecule has 1 atom stereocenters. The van der Waals surface area contributed by atoms with Gasteiger partial charge in [-0.15, -0.1) is 0 Å². The molecule has 0 aromatic heterocycles. The van der Waals surface area contributed by atoms with Gasteiger partial charge in [0.25, 0.3) is 0 Å². The third-order valence-electron chi connectivity index (χ3n) is 1.26. The topological polar surface area (TPSA) is 70.6 Å². The number of nitrogens with one attached hydrogen (secondary N) is 1. The molecule has 0 heterocycles. The predicted molar refractivity (Wildman–Crippen MR) is 41.2 cm³/mol. The Labute approximate surface area is 61.1 Å². The maximum atomic E-state index is 8.23. The molecular formula is C6H15N3O. The van der Waals surface area contributed by atoms with E-state index in [-0.39, 0.29) is 11.9 Å². The summed E-state index contributed by atoms with van der Waals surface area (Å²) >= 11 is 0. The molecule has 0 bridgehead atoms.